The second-order valence-electron chi connectivity index (χ2n) is 10.6. The van der Waals surface area contributed by atoms with Gasteiger partial charge in [-0.1, -0.05) is 43.3 Å². The monoisotopic (exact) mass is 506 g/mol. The van der Waals surface area contributed by atoms with E-state index in [2.05, 4.69) is 38.6 Å². The number of aromatic nitrogens is 3. The van der Waals surface area contributed by atoms with Crippen LogP contribution in [0.4, 0.5) is 0 Å². The summed E-state index contributed by atoms with van der Waals surface area (Å²) in [4.78, 5) is 37.6. The average Bonchev–Trinajstić information content (AvgIpc) is 3.49. The number of H-pyrrole nitrogens is 1. The van der Waals surface area contributed by atoms with Gasteiger partial charge in [-0.25, -0.2) is 4.98 Å². The van der Waals surface area contributed by atoms with Crippen molar-refractivity contribution in [3.63, 3.8) is 0 Å². The van der Waals surface area contributed by atoms with E-state index in [1.165, 1.54) is 43.9 Å². The Morgan fingerprint density at radius 1 is 1.11 bits per heavy atom. The van der Waals surface area contributed by atoms with Crippen LogP contribution in [-0.4, -0.2) is 62.9 Å². The number of hydrogen-bond donors (Lipinski definition) is 2. The third-order valence-electron chi connectivity index (χ3n) is 7.99. The number of imidazole rings is 1. The van der Waals surface area contributed by atoms with Crippen LogP contribution < -0.4 is 5.32 Å². The highest BCUT2D eigenvalue weighted by Gasteiger charge is 2.29. The fraction of sp³-hybridized carbons (Fsp3) is 0.571. The second-order valence-corrected chi connectivity index (χ2v) is 10.6. The summed E-state index contributed by atoms with van der Waals surface area (Å²) >= 11 is 0. The van der Waals surface area contributed by atoms with Crippen molar-refractivity contribution in [1.29, 1.82) is 0 Å². The van der Waals surface area contributed by atoms with Gasteiger partial charge in [-0.3, -0.25) is 14.5 Å². The zero-order valence-electron chi connectivity index (χ0n) is 22.0. The predicted molar refractivity (Wildman–Crippen MR) is 141 cm³/mol. The number of carbonyl (C=O) groups excluding carboxylic acids is 2. The van der Waals surface area contributed by atoms with Gasteiger partial charge in [0.05, 0.1) is 22.8 Å². The largest absolute Gasteiger partial charge is 0.364 e. The molecule has 3 heterocycles. The molecular formula is C28H38N6O3. The number of fused-ring (bicyclic) bond motifs is 1. The molecule has 1 aliphatic carbocycles. The van der Waals surface area contributed by atoms with Gasteiger partial charge < -0.3 is 19.7 Å². The lowest BCUT2D eigenvalue weighted by molar-refractivity contribution is -0.130. The van der Waals surface area contributed by atoms with E-state index < -0.39 is 0 Å². The van der Waals surface area contributed by atoms with E-state index in [9.17, 15) is 9.59 Å². The van der Waals surface area contributed by atoms with Gasteiger partial charge in [0.25, 0.3) is 5.91 Å². The number of aryl methyl sites for hydroxylation is 1. The van der Waals surface area contributed by atoms with Crippen LogP contribution in [0, 0.1) is 12.8 Å². The molecule has 37 heavy (non-hydrogen) atoms. The minimum Gasteiger partial charge on any atom is -0.364 e. The minimum absolute atomic E-state index is 0.148. The molecule has 3 aromatic rings. The summed E-state index contributed by atoms with van der Waals surface area (Å²) in [5.74, 6) is 1.11. The number of hydrogen-bond acceptors (Lipinski definition) is 6. The topological polar surface area (TPSA) is 107 Å². The predicted octanol–water partition coefficient (Wildman–Crippen LogP) is 4.36. The lowest BCUT2D eigenvalue weighted by Crippen LogP contribution is -2.47. The molecule has 1 atom stereocenters. The van der Waals surface area contributed by atoms with Gasteiger partial charge in [0.2, 0.25) is 5.91 Å². The van der Waals surface area contributed by atoms with Gasteiger partial charge in [-0.05, 0) is 43.4 Å². The van der Waals surface area contributed by atoms with Crippen LogP contribution in [0.25, 0.3) is 11.0 Å². The Morgan fingerprint density at radius 3 is 2.51 bits per heavy atom. The van der Waals surface area contributed by atoms with Crippen LogP contribution in [0.3, 0.4) is 0 Å². The Balaban J connectivity index is 1.36. The van der Waals surface area contributed by atoms with E-state index in [0.29, 0.717) is 17.2 Å². The minimum atomic E-state index is -0.199. The fourth-order valence-corrected chi connectivity index (χ4v) is 5.76. The van der Waals surface area contributed by atoms with E-state index in [1.807, 2.05) is 4.90 Å². The van der Waals surface area contributed by atoms with E-state index in [1.54, 1.807) is 13.8 Å². The van der Waals surface area contributed by atoms with Crippen LogP contribution in [-0.2, 0) is 11.3 Å². The van der Waals surface area contributed by atoms with Crippen LogP contribution in [0.15, 0.2) is 29.0 Å². The number of nitrogens with one attached hydrogen (secondary N) is 2. The van der Waals surface area contributed by atoms with Crippen LogP contribution >= 0.6 is 0 Å². The summed E-state index contributed by atoms with van der Waals surface area (Å²) < 4.78 is 5.02. The zero-order chi connectivity index (χ0) is 25.8. The average molecular weight is 507 g/mol. The maximum atomic E-state index is 13.2. The van der Waals surface area contributed by atoms with Crippen molar-refractivity contribution >= 4 is 22.8 Å². The van der Waals surface area contributed by atoms with Gasteiger partial charge in [-0.2, -0.15) is 0 Å². The van der Waals surface area contributed by atoms with Gasteiger partial charge in [0.15, 0.2) is 0 Å². The van der Waals surface area contributed by atoms with Gasteiger partial charge in [-0.15, -0.1) is 0 Å². The number of aromatic amines is 1. The normalized spacial score (nSPS) is 18.9. The molecule has 9 heteroatoms. The fourth-order valence-electron chi connectivity index (χ4n) is 5.76. The molecule has 2 amide bonds. The number of amides is 2. The number of nitrogens with zero attached hydrogens (tertiary/aromatic N) is 4. The smallest absolute Gasteiger partial charge is 0.257 e. The third-order valence-corrected chi connectivity index (χ3v) is 7.99. The Labute approximate surface area is 218 Å². The SMILES string of the molecule is CC(=O)N1CCN(Cc2ccc3[nH]c(C(NC(=O)c4conc4C)C4CCCCCCC4)nc3c2)CC1. The summed E-state index contributed by atoms with van der Waals surface area (Å²) in [6, 6.07) is 6.18. The number of piperazine rings is 1. The van der Waals surface area contributed by atoms with Crippen molar-refractivity contribution in [2.24, 2.45) is 5.92 Å². The Hall–Kier alpha value is -3.20. The van der Waals surface area contributed by atoms with E-state index >= 15 is 0 Å². The zero-order valence-corrected chi connectivity index (χ0v) is 22.0. The Kier molecular flexibility index (Phi) is 7.88. The first-order valence-electron chi connectivity index (χ1n) is 13.7. The molecule has 1 unspecified atom stereocenters. The van der Waals surface area contributed by atoms with Gasteiger partial charge >= 0.3 is 0 Å². The van der Waals surface area contributed by atoms with E-state index in [0.717, 1.165) is 62.4 Å². The molecule has 198 valence electrons. The summed E-state index contributed by atoms with van der Waals surface area (Å²) in [6.07, 6.45) is 9.68. The molecule has 0 spiro atoms. The highest BCUT2D eigenvalue weighted by atomic mass is 16.5. The Morgan fingerprint density at radius 2 is 1.84 bits per heavy atom. The van der Waals surface area contributed by atoms with Crippen LogP contribution in [0.2, 0.25) is 0 Å². The van der Waals surface area contributed by atoms with Crippen LogP contribution in [0.1, 0.15) is 85.4 Å². The summed E-state index contributed by atoms with van der Waals surface area (Å²) in [7, 11) is 0. The number of rotatable bonds is 6. The summed E-state index contributed by atoms with van der Waals surface area (Å²) in [5, 5.41) is 7.16. The van der Waals surface area contributed by atoms with E-state index in [4.69, 9.17) is 9.51 Å². The van der Waals surface area contributed by atoms with Crippen molar-refractivity contribution < 1.29 is 14.1 Å². The number of benzene rings is 1. The van der Waals surface area contributed by atoms with Crippen molar-refractivity contribution in [3.8, 4) is 0 Å². The lowest BCUT2D eigenvalue weighted by atomic mass is 9.85. The second kappa shape index (κ2) is 11.5. The maximum absolute atomic E-state index is 13.2. The quantitative estimate of drug-likeness (QED) is 0.515. The van der Waals surface area contributed by atoms with Gasteiger partial charge in [0.1, 0.15) is 17.7 Å². The first kappa shape index (κ1) is 25.4. The first-order chi connectivity index (χ1) is 18.0. The Bertz CT molecular complexity index is 1220. The molecule has 0 bridgehead atoms. The summed E-state index contributed by atoms with van der Waals surface area (Å²) in [5.41, 5.74) is 4.16. The maximum Gasteiger partial charge on any atom is 0.257 e. The summed E-state index contributed by atoms with van der Waals surface area (Å²) in [6.45, 7) is 7.56. The molecule has 1 aliphatic heterocycles. The molecule has 9 nitrogen and oxygen atoms in total. The molecule has 1 aromatic carbocycles. The first-order valence-corrected chi connectivity index (χ1v) is 13.7. The molecule has 2 N–H and O–H groups in total. The molecule has 1 saturated carbocycles. The molecule has 2 aromatic heterocycles. The molecule has 2 aliphatic rings. The van der Waals surface area contributed by atoms with Crippen molar-refractivity contribution in [2.75, 3.05) is 26.2 Å². The highest BCUT2D eigenvalue weighted by Crippen LogP contribution is 2.33. The van der Waals surface area contributed by atoms with Crippen molar-refractivity contribution in [3.05, 3.63) is 47.1 Å². The molecule has 0 radical (unpaired) electrons. The molecule has 2 fully saturated rings. The third kappa shape index (κ3) is 6.04. The molecular weight excluding hydrogens is 468 g/mol. The van der Waals surface area contributed by atoms with Crippen molar-refractivity contribution in [2.45, 2.75) is 71.4 Å². The standard InChI is InChI=1S/C28H38N6O3/c1-19-23(18-37-32-19)28(36)31-26(22-8-6-4-3-5-7-9-22)27-29-24-11-10-21(16-25(24)30-27)17-33-12-14-34(15-13-33)20(2)35/h10-11,16,18,22,26H,3-9,12-15,17H2,1-2H3,(H,29,30)(H,31,36). The van der Waals surface area contributed by atoms with E-state index in [-0.39, 0.29) is 17.9 Å². The lowest BCUT2D eigenvalue weighted by Gasteiger charge is -2.34. The molecule has 1 saturated heterocycles. The van der Waals surface area contributed by atoms with Crippen molar-refractivity contribution in [1.82, 2.24) is 30.2 Å². The van der Waals surface area contributed by atoms with Crippen LogP contribution in [0.5, 0.6) is 0 Å². The molecule has 5 rings (SSSR count). The van der Waals surface area contributed by atoms with Gasteiger partial charge in [0, 0.05) is 39.6 Å². The number of carbonyl (C=O) groups is 2. The highest BCUT2D eigenvalue weighted by molar-refractivity contribution is 5.95.